The first kappa shape index (κ1) is 17.6. The van der Waals surface area contributed by atoms with Gasteiger partial charge in [-0.1, -0.05) is 66.7 Å². The maximum Gasteiger partial charge on any atom is 0.118 e. The Morgan fingerprint density at radius 3 is 2.43 bits per heavy atom. The molecule has 2 heteroatoms. The van der Waals surface area contributed by atoms with Crippen LogP contribution in [-0.2, 0) is 6.42 Å². The highest BCUT2D eigenvalue weighted by Crippen LogP contribution is 2.51. The number of methoxy groups -OCH3 is 1. The van der Waals surface area contributed by atoms with Crippen LogP contribution in [0.5, 0.6) is 5.75 Å². The number of hydrogen-bond donors (Lipinski definition) is 0. The molecule has 0 amide bonds. The molecule has 0 fully saturated rings. The lowest BCUT2D eigenvalue weighted by molar-refractivity contribution is 0.414. The molecule has 1 aliphatic heterocycles. The van der Waals surface area contributed by atoms with Gasteiger partial charge in [0.05, 0.1) is 12.6 Å². The lowest BCUT2D eigenvalue weighted by Crippen LogP contribution is -2.24. The van der Waals surface area contributed by atoms with Crippen LogP contribution in [0, 0.1) is 0 Å². The Morgan fingerprint density at radius 2 is 1.63 bits per heavy atom. The van der Waals surface area contributed by atoms with Crippen LogP contribution >= 0.6 is 0 Å². The summed E-state index contributed by atoms with van der Waals surface area (Å²) in [6.07, 6.45) is 6.18. The van der Waals surface area contributed by atoms with Crippen molar-refractivity contribution in [2.75, 3.05) is 7.11 Å². The van der Waals surface area contributed by atoms with Crippen molar-refractivity contribution in [1.82, 2.24) is 4.57 Å². The largest absolute Gasteiger partial charge is 0.497 e. The van der Waals surface area contributed by atoms with Gasteiger partial charge in [0.2, 0.25) is 0 Å². The zero-order chi connectivity index (χ0) is 20.1. The molecule has 1 aliphatic carbocycles. The monoisotopic (exact) mass is 391 g/mol. The van der Waals surface area contributed by atoms with Crippen molar-refractivity contribution >= 4 is 16.6 Å². The zero-order valence-corrected chi connectivity index (χ0v) is 17.2. The number of hydrogen-bond acceptors (Lipinski definition) is 1. The van der Waals surface area contributed by atoms with Gasteiger partial charge in [-0.05, 0) is 54.2 Å². The predicted octanol–water partition coefficient (Wildman–Crippen LogP) is 6.76. The van der Waals surface area contributed by atoms with Crippen molar-refractivity contribution in [3.63, 3.8) is 0 Å². The van der Waals surface area contributed by atoms with Gasteiger partial charge < -0.3 is 9.30 Å². The van der Waals surface area contributed by atoms with E-state index in [-0.39, 0.29) is 0 Å². The first-order valence-electron chi connectivity index (χ1n) is 10.9. The molecule has 0 spiro atoms. The first-order chi connectivity index (χ1) is 14.8. The predicted molar refractivity (Wildman–Crippen MR) is 123 cm³/mol. The maximum atomic E-state index is 5.41. The molecule has 2 aliphatic rings. The number of nitrogens with zero attached hydrogens (tertiary/aromatic N) is 1. The van der Waals surface area contributed by atoms with Gasteiger partial charge in [0, 0.05) is 28.6 Å². The zero-order valence-electron chi connectivity index (χ0n) is 17.2. The van der Waals surface area contributed by atoms with E-state index in [1.54, 1.807) is 12.7 Å². The summed E-state index contributed by atoms with van der Waals surface area (Å²) >= 11 is 0. The molecule has 0 bridgehead atoms. The summed E-state index contributed by atoms with van der Waals surface area (Å²) in [6, 6.07) is 28.5. The first-order valence-corrected chi connectivity index (χ1v) is 10.9. The maximum absolute atomic E-state index is 5.41. The minimum absolute atomic E-state index is 0.377. The smallest absolute Gasteiger partial charge is 0.118 e. The molecule has 1 aromatic heterocycles. The van der Waals surface area contributed by atoms with Gasteiger partial charge in [0.1, 0.15) is 5.75 Å². The summed E-state index contributed by atoms with van der Waals surface area (Å²) in [5, 5.41) is 1.43. The molecule has 2 heterocycles. The Kier molecular flexibility index (Phi) is 4.05. The molecular weight excluding hydrogens is 366 g/mol. The summed E-state index contributed by atoms with van der Waals surface area (Å²) < 4.78 is 7.97. The normalized spacial score (nSPS) is 20.0. The fourth-order valence-electron chi connectivity index (χ4n) is 5.57. The number of allylic oxidation sites excluding steroid dienone is 1. The van der Waals surface area contributed by atoms with Gasteiger partial charge in [0.25, 0.3) is 0 Å². The van der Waals surface area contributed by atoms with Crippen LogP contribution in [0.25, 0.3) is 16.6 Å². The molecule has 3 aromatic carbocycles. The molecule has 0 N–H and O–H groups in total. The standard InChI is InChI=1S/C28H25NO/c1-30-21-16-14-19(15-17-21)25-18-27(20-8-3-2-4-9-20)29-26-13-6-5-10-22(26)23-11-7-12-24(25)28(23)29/h2-6,8-10,13-18,24-25H,7,11-12H2,1H3/t24-,25+/m1/s1. The Labute approximate surface area is 177 Å². The number of fused-ring (bicyclic) bond motifs is 3. The molecule has 30 heavy (non-hydrogen) atoms. The lowest BCUT2D eigenvalue weighted by Gasteiger charge is -2.36. The average Bonchev–Trinajstić information content (AvgIpc) is 3.16. The van der Waals surface area contributed by atoms with Crippen molar-refractivity contribution in [3.05, 3.63) is 107 Å². The van der Waals surface area contributed by atoms with Gasteiger partial charge in [-0.25, -0.2) is 0 Å². The lowest BCUT2D eigenvalue weighted by atomic mass is 9.73. The van der Waals surface area contributed by atoms with E-state index in [1.807, 2.05) is 0 Å². The molecule has 2 atom stereocenters. The second kappa shape index (κ2) is 6.91. The van der Waals surface area contributed by atoms with E-state index in [9.17, 15) is 0 Å². The van der Waals surface area contributed by atoms with E-state index in [1.165, 1.54) is 52.7 Å². The Morgan fingerprint density at radius 1 is 0.867 bits per heavy atom. The fourth-order valence-corrected chi connectivity index (χ4v) is 5.57. The van der Waals surface area contributed by atoms with Crippen molar-refractivity contribution in [3.8, 4) is 5.75 Å². The fraction of sp³-hybridized carbons (Fsp3) is 0.214. The topological polar surface area (TPSA) is 14.2 Å². The number of benzene rings is 3. The van der Waals surface area contributed by atoms with Crippen molar-refractivity contribution in [1.29, 1.82) is 0 Å². The summed E-state index contributed by atoms with van der Waals surface area (Å²) in [4.78, 5) is 0. The summed E-state index contributed by atoms with van der Waals surface area (Å²) in [7, 11) is 1.73. The minimum atomic E-state index is 0.377. The highest BCUT2D eigenvalue weighted by atomic mass is 16.5. The number of aryl methyl sites for hydroxylation is 1. The van der Waals surface area contributed by atoms with E-state index in [0.29, 0.717) is 11.8 Å². The van der Waals surface area contributed by atoms with Gasteiger partial charge in [-0.3, -0.25) is 0 Å². The van der Waals surface area contributed by atoms with Crippen LogP contribution in [0.4, 0.5) is 0 Å². The quantitative estimate of drug-likeness (QED) is 0.376. The van der Waals surface area contributed by atoms with Crippen LogP contribution in [0.1, 0.15) is 47.1 Å². The van der Waals surface area contributed by atoms with E-state index in [4.69, 9.17) is 4.74 Å². The number of para-hydroxylation sites is 1. The molecule has 0 saturated carbocycles. The van der Waals surface area contributed by atoms with Gasteiger partial charge in [-0.15, -0.1) is 0 Å². The van der Waals surface area contributed by atoms with Crippen molar-refractivity contribution in [2.45, 2.75) is 31.1 Å². The second-order valence-electron chi connectivity index (χ2n) is 8.43. The molecule has 4 aromatic rings. The van der Waals surface area contributed by atoms with Crippen LogP contribution in [-0.4, -0.2) is 11.7 Å². The molecule has 6 rings (SSSR count). The second-order valence-corrected chi connectivity index (χ2v) is 8.43. The van der Waals surface area contributed by atoms with E-state index in [0.717, 1.165) is 5.75 Å². The molecular formula is C28H25NO. The minimum Gasteiger partial charge on any atom is -0.497 e. The highest BCUT2D eigenvalue weighted by Gasteiger charge is 2.37. The highest BCUT2D eigenvalue weighted by molar-refractivity contribution is 5.92. The van der Waals surface area contributed by atoms with E-state index >= 15 is 0 Å². The number of ether oxygens (including phenoxy) is 1. The molecule has 0 radical (unpaired) electrons. The van der Waals surface area contributed by atoms with Crippen LogP contribution in [0.3, 0.4) is 0 Å². The van der Waals surface area contributed by atoms with Gasteiger partial charge >= 0.3 is 0 Å². The van der Waals surface area contributed by atoms with Crippen molar-refractivity contribution < 1.29 is 4.74 Å². The van der Waals surface area contributed by atoms with Crippen LogP contribution < -0.4 is 4.74 Å². The molecule has 148 valence electrons. The van der Waals surface area contributed by atoms with E-state index < -0.39 is 0 Å². The van der Waals surface area contributed by atoms with E-state index in [2.05, 4.69) is 89.5 Å². The van der Waals surface area contributed by atoms with Gasteiger partial charge in [0.15, 0.2) is 0 Å². The van der Waals surface area contributed by atoms with Crippen LogP contribution in [0.15, 0.2) is 84.9 Å². The number of aromatic nitrogens is 1. The summed E-state index contributed by atoms with van der Waals surface area (Å²) in [5.74, 6) is 1.81. The van der Waals surface area contributed by atoms with Crippen LogP contribution in [0.2, 0.25) is 0 Å². The third-order valence-corrected chi connectivity index (χ3v) is 6.90. The van der Waals surface area contributed by atoms with Gasteiger partial charge in [-0.2, -0.15) is 0 Å². The summed E-state index contributed by atoms with van der Waals surface area (Å²) in [5.41, 5.74) is 8.40. The Bertz CT molecular complexity index is 1250. The molecule has 0 saturated heterocycles. The Hall–Kier alpha value is -3.26. The SMILES string of the molecule is COc1ccc([C@@H]2C=C(c3ccccc3)n3c4c(c5ccccc53)CCC[C@@H]42)cc1. The summed E-state index contributed by atoms with van der Waals surface area (Å²) in [6.45, 7) is 0. The Balaban J connectivity index is 1.63. The molecule has 0 unspecified atom stereocenters. The third kappa shape index (κ3) is 2.56. The number of rotatable bonds is 3. The third-order valence-electron chi connectivity index (χ3n) is 6.90. The molecule has 2 nitrogen and oxygen atoms in total. The average molecular weight is 392 g/mol. The van der Waals surface area contributed by atoms with Crippen molar-refractivity contribution in [2.24, 2.45) is 0 Å².